The van der Waals surface area contributed by atoms with E-state index in [0.717, 1.165) is 55.3 Å². The quantitative estimate of drug-likeness (QED) is 0.538. The lowest BCUT2D eigenvalue weighted by atomic mass is 9.73. The smallest absolute Gasteiger partial charge is 0.229 e. The minimum atomic E-state index is -0.143. The third kappa shape index (κ3) is 3.91. The Hall–Kier alpha value is -1.97. The Morgan fingerprint density at radius 1 is 1.00 bits per heavy atom. The molecule has 1 saturated carbocycles. The molecule has 1 heterocycles. The zero-order valence-corrected chi connectivity index (χ0v) is 17.9. The van der Waals surface area contributed by atoms with E-state index in [1.165, 1.54) is 6.42 Å². The first kappa shape index (κ1) is 20.3. The van der Waals surface area contributed by atoms with Crippen molar-refractivity contribution in [2.24, 2.45) is 5.41 Å². The average Bonchev–Trinajstić information content (AvgIpc) is 3.00. The Labute approximate surface area is 181 Å². The standard InChI is InChI=1S/C24H25Cl2NO2/c1-16(28)17-5-7-18(8-6-17)19-13-21(25)20(22(26)14-19)15-27-12-11-24(23(27)29)9-3-2-4-10-24/h5-8,13-14,28H,1-4,9-12,15H2. The Balaban J connectivity index is 1.55. The largest absolute Gasteiger partial charge is 0.508 e. The number of rotatable bonds is 4. The summed E-state index contributed by atoms with van der Waals surface area (Å²) < 4.78 is 0. The van der Waals surface area contributed by atoms with Gasteiger partial charge in [-0.15, -0.1) is 0 Å². The summed E-state index contributed by atoms with van der Waals surface area (Å²) in [6.45, 7) is 4.77. The van der Waals surface area contributed by atoms with Gasteiger partial charge in [-0.1, -0.05) is 73.3 Å². The van der Waals surface area contributed by atoms with Gasteiger partial charge in [-0.25, -0.2) is 0 Å². The number of hydrogen-bond acceptors (Lipinski definition) is 2. The lowest BCUT2D eigenvalue weighted by Crippen LogP contribution is -2.35. The van der Waals surface area contributed by atoms with Gasteiger partial charge >= 0.3 is 0 Å². The number of amides is 1. The van der Waals surface area contributed by atoms with Crippen LogP contribution in [0.15, 0.2) is 43.0 Å². The van der Waals surface area contributed by atoms with E-state index in [9.17, 15) is 9.90 Å². The summed E-state index contributed by atoms with van der Waals surface area (Å²) in [7, 11) is 0. The monoisotopic (exact) mass is 429 g/mol. The number of hydrogen-bond donors (Lipinski definition) is 1. The molecule has 0 atom stereocenters. The highest BCUT2D eigenvalue weighted by atomic mass is 35.5. The molecule has 4 rings (SSSR count). The van der Waals surface area contributed by atoms with Crippen molar-refractivity contribution in [3.63, 3.8) is 0 Å². The number of halogens is 2. The number of nitrogens with zero attached hydrogens (tertiary/aromatic N) is 1. The SMILES string of the molecule is C=C(O)c1ccc(-c2cc(Cl)c(CN3CCC4(CCCCC4)C3=O)c(Cl)c2)cc1. The first-order valence-electron chi connectivity index (χ1n) is 10.2. The molecular formula is C24H25Cl2NO2. The summed E-state index contributed by atoms with van der Waals surface area (Å²) in [4.78, 5) is 15.0. The maximum atomic E-state index is 13.1. The maximum Gasteiger partial charge on any atom is 0.229 e. The molecule has 1 N–H and O–H groups in total. The van der Waals surface area contributed by atoms with E-state index in [4.69, 9.17) is 23.2 Å². The van der Waals surface area contributed by atoms with Crippen molar-refractivity contribution in [3.05, 3.63) is 64.1 Å². The molecule has 0 unspecified atom stereocenters. The number of benzene rings is 2. The summed E-state index contributed by atoms with van der Waals surface area (Å²) in [5.41, 5.74) is 3.18. The fourth-order valence-corrected chi connectivity index (χ4v) is 5.31. The minimum Gasteiger partial charge on any atom is -0.508 e. The van der Waals surface area contributed by atoms with Crippen LogP contribution in [-0.2, 0) is 11.3 Å². The Morgan fingerprint density at radius 3 is 2.21 bits per heavy atom. The summed E-state index contributed by atoms with van der Waals surface area (Å²) in [5, 5.41) is 10.6. The molecule has 2 aliphatic rings. The second-order valence-electron chi connectivity index (χ2n) is 8.26. The molecule has 1 saturated heterocycles. The van der Waals surface area contributed by atoms with Gasteiger partial charge in [-0.2, -0.15) is 0 Å². The van der Waals surface area contributed by atoms with Crippen LogP contribution in [-0.4, -0.2) is 22.5 Å². The van der Waals surface area contributed by atoms with E-state index in [1.807, 2.05) is 29.2 Å². The van der Waals surface area contributed by atoms with Crippen LogP contribution < -0.4 is 0 Å². The number of carbonyl (C=O) groups excluding carboxylic acids is 1. The molecule has 2 aromatic carbocycles. The van der Waals surface area contributed by atoms with Crippen LogP contribution in [0.2, 0.25) is 10.0 Å². The van der Waals surface area contributed by atoms with E-state index in [2.05, 4.69) is 6.58 Å². The van der Waals surface area contributed by atoms with Gasteiger partial charge in [-0.05, 0) is 42.5 Å². The Kier molecular flexibility index (Phi) is 5.63. The van der Waals surface area contributed by atoms with Gasteiger partial charge in [0, 0.05) is 34.3 Å². The highest BCUT2D eigenvalue weighted by Gasteiger charge is 2.46. The molecule has 1 aliphatic heterocycles. The topological polar surface area (TPSA) is 40.5 Å². The van der Waals surface area contributed by atoms with Gasteiger partial charge in [0.1, 0.15) is 5.76 Å². The molecule has 0 aromatic heterocycles. The molecule has 0 bridgehead atoms. The zero-order chi connectivity index (χ0) is 20.6. The number of carbonyl (C=O) groups is 1. The predicted octanol–water partition coefficient (Wildman–Crippen LogP) is 6.87. The van der Waals surface area contributed by atoms with Crippen molar-refractivity contribution in [1.29, 1.82) is 0 Å². The van der Waals surface area contributed by atoms with Gasteiger partial charge < -0.3 is 10.0 Å². The fraction of sp³-hybridized carbons (Fsp3) is 0.375. The van der Waals surface area contributed by atoms with Crippen molar-refractivity contribution in [2.45, 2.75) is 45.1 Å². The molecule has 5 heteroatoms. The van der Waals surface area contributed by atoms with E-state index in [-0.39, 0.29) is 17.1 Å². The highest BCUT2D eigenvalue weighted by molar-refractivity contribution is 6.36. The summed E-state index contributed by atoms with van der Waals surface area (Å²) in [6.07, 6.45) is 6.51. The van der Waals surface area contributed by atoms with Crippen LogP contribution in [0.5, 0.6) is 0 Å². The molecule has 0 radical (unpaired) electrons. The number of likely N-dealkylation sites (tertiary alicyclic amines) is 1. The minimum absolute atomic E-state index is 0.0361. The van der Waals surface area contributed by atoms with Gasteiger partial charge in [0.25, 0.3) is 0 Å². The van der Waals surface area contributed by atoms with Crippen LogP contribution in [0.25, 0.3) is 16.9 Å². The summed E-state index contributed by atoms with van der Waals surface area (Å²) in [6, 6.07) is 11.2. The predicted molar refractivity (Wildman–Crippen MR) is 119 cm³/mol. The van der Waals surface area contributed by atoms with Crippen molar-refractivity contribution in [3.8, 4) is 11.1 Å². The average molecular weight is 430 g/mol. The van der Waals surface area contributed by atoms with Gasteiger partial charge in [0.2, 0.25) is 5.91 Å². The van der Waals surface area contributed by atoms with E-state index < -0.39 is 0 Å². The van der Waals surface area contributed by atoms with Crippen molar-refractivity contribution >= 4 is 34.9 Å². The van der Waals surface area contributed by atoms with Crippen molar-refractivity contribution in [1.82, 2.24) is 4.90 Å². The van der Waals surface area contributed by atoms with Gasteiger partial charge in [0.15, 0.2) is 0 Å². The molecule has 2 aromatic rings. The first-order chi connectivity index (χ1) is 13.9. The molecule has 152 valence electrons. The second kappa shape index (κ2) is 8.04. The van der Waals surface area contributed by atoms with Crippen LogP contribution in [0.3, 0.4) is 0 Å². The first-order valence-corrected chi connectivity index (χ1v) is 10.9. The second-order valence-corrected chi connectivity index (χ2v) is 9.07. The van der Waals surface area contributed by atoms with E-state index in [0.29, 0.717) is 22.2 Å². The van der Waals surface area contributed by atoms with Crippen LogP contribution in [0.4, 0.5) is 0 Å². The van der Waals surface area contributed by atoms with E-state index >= 15 is 0 Å². The normalized spacial score (nSPS) is 18.4. The molecule has 2 fully saturated rings. The van der Waals surface area contributed by atoms with E-state index in [1.54, 1.807) is 12.1 Å². The molecule has 1 aliphatic carbocycles. The molecular weight excluding hydrogens is 405 g/mol. The maximum absolute atomic E-state index is 13.1. The van der Waals surface area contributed by atoms with Crippen molar-refractivity contribution < 1.29 is 9.90 Å². The zero-order valence-electron chi connectivity index (χ0n) is 16.4. The Morgan fingerprint density at radius 2 is 1.62 bits per heavy atom. The van der Waals surface area contributed by atoms with Crippen LogP contribution in [0.1, 0.15) is 49.7 Å². The third-order valence-electron chi connectivity index (χ3n) is 6.45. The van der Waals surface area contributed by atoms with Crippen LogP contribution >= 0.6 is 23.2 Å². The highest BCUT2D eigenvalue weighted by Crippen LogP contribution is 2.45. The molecule has 3 nitrogen and oxygen atoms in total. The lowest BCUT2D eigenvalue weighted by molar-refractivity contribution is -0.138. The van der Waals surface area contributed by atoms with Crippen LogP contribution in [0, 0.1) is 5.41 Å². The molecule has 1 spiro atoms. The summed E-state index contributed by atoms with van der Waals surface area (Å²) >= 11 is 13.2. The third-order valence-corrected chi connectivity index (χ3v) is 7.13. The van der Waals surface area contributed by atoms with Gasteiger partial charge in [-0.3, -0.25) is 4.79 Å². The van der Waals surface area contributed by atoms with Gasteiger partial charge in [0.05, 0.1) is 5.41 Å². The summed E-state index contributed by atoms with van der Waals surface area (Å²) in [5.74, 6) is 0.308. The molecule has 29 heavy (non-hydrogen) atoms. The van der Waals surface area contributed by atoms with Crippen molar-refractivity contribution in [2.75, 3.05) is 6.54 Å². The fourth-order valence-electron chi connectivity index (χ4n) is 4.70. The lowest BCUT2D eigenvalue weighted by Gasteiger charge is -2.31. The Bertz CT molecular complexity index is 923. The molecule has 1 amide bonds. The number of aliphatic hydroxyl groups is 1. The number of aliphatic hydroxyl groups excluding tert-OH is 1.